The number of aryl methyl sites for hydroxylation is 2. The third kappa shape index (κ3) is 5.59. The van der Waals surface area contributed by atoms with Crippen LogP contribution in [0.1, 0.15) is 59.3 Å². The van der Waals surface area contributed by atoms with Crippen LogP contribution in [0.2, 0.25) is 0 Å². The van der Waals surface area contributed by atoms with E-state index in [1.54, 1.807) is 19.1 Å². The van der Waals surface area contributed by atoms with Crippen LogP contribution in [0.25, 0.3) is 5.65 Å². The maximum absolute atomic E-state index is 13.7. The fourth-order valence-electron chi connectivity index (χ4n) is 5.27. The van der Waals surface area contributed by atoms with Gasteiger partial charge < -0.3 is 14.9 Å². The molecule has 0 spiro atoms. The summed E-state index contributed by atoms with van der Waals surface area (Å²) in [6, 6.07) is 9.87. The van der Waals surface area contributed by atoms with Gasteiger partial charge in [0.2, 0.25) is 21.7 Å². The van der Waals surface area contributed by atoms with Gasteiger partial charge in [-0.15, -0.1) is 10.2 Å². The summed E-state index contributed by atoms with van der Waals surface area (Å²) in [7, 11) is -3.97. The molecule has 0 aliphatic carbocycles. The van der Waals surface area contributed by atoms with Gasteiger partial charge in [-0.05, 0) is 66.3 Å². The van der Waals surface area contributed by atoms with E-state index in [0.717, 1.165) is 9.96 Å². The predicted molar refractivity (Wildman–Crippen MR) is 145 cm³/mol. The number of halogens is 3. The van der Waals surface area contributed by atoms with Gasteiger partial charge in [0, 0.05) is 31.3 Å². The molecule has 2 atom stereocenters. The molecule has 1 aromatic carbocycles. The Morgan fingerprint density at radius 1 is 1.14 bits per heavy atom. The lowest BCUT2D eigenvalue weighted by atomic mass is 9.85. The minimum absolute atomic E-state index is 0.00173. The second-order valence-electron chi connectivity index (χ2n) is 10.3. The summed E-state index contributed by atoms with van der Waals surface area (Å²) < 4.78 is 75.7. The van der Waals surface area contributed by atoms with Crippen molar-refractivity contribution in [1.82, 2.24) is 23.9 Å². The maximum Gasteiger partial charge on any atom is 0.452 e. The number of benzene rings is 1. The molecular weight excluding hydrogens is 575 g/mol. The second kappa shape index (κ2) is 11.2. The Balaban J connectivity index is 1.56. The van der Waals surface area contributed by atoms with Crippen LogP contribution in [0.5, 0.6) is 5.88 Å². The number of fused-ring (bicyclic) bond motifs is 2. The number of nitrogens with zero attached hydrogens (tertiary/aromatic N) is 5. The van der Waals surface area contributed by atoms with Crippen molar-refractivity contribution in [2.45, 2.75) is 69.5 Å². The minimum atomic E-state index is -4.70. The molecule has 3 aromatic heterocycles. The number of pyridine rings is 2. The lowest BCUT2D eigenvalue weighted by molar-refractivity contribution is -0.145. The first kappa shape index (κ1) is 29.9. The smallest absolute Gasteiger partial charge is 0.452 e. The molecular formula is C28H30F3N5O5S. The molecule has 4 aromatic rings. The van der Waals surface area contributed by atoms with Crippen LogP contribution in [0.3, 0.4) is 0 Å². The van der Waals surface area contributed by atoms with Gasteiger partial charge in [0.25, 0.3) is 0 Å². The van der Waals surface area contributed by atoms with Crippen molar-refractivity contribution in [3.63, 3.8) is 0 Å². The number of hydrogen-bond acceptors (Lipinski definition) is 8. The number of hydrogen-bond donors (Lipinski definition) is 2. The topological polar surface area (TPSA) is 130 Å². The van der Waals surface area contributed by atoms with E-state index in [0.29, 0.717) is 28.7 Å². The Kier molecular flexibility index (Phi) is 8.00. The first-order valence-corrected chi connectivity index (χ1v) is 14.7. The summed E-state index contributed by atoms with van der Waals surface area (Å²) in [5.41, 5.74) is 3.05. The highest BCUT2D eigenvalue weighted by Gasteiger charge is 2.38. The largest absolute Gasteiger partial charge is 0.472 e. The van der Waals surface area contributed by atoms with E-state index >= 15 is 0 Å². The van der Waals surface area contributed by atoms with E-state index in [2.05, 4.69) is 15.2 Å². The summed E-state index contributed by atoms with van der Waals surface area (Å²) in [4.78, 5) is 4.10. The summed E-state index contributed by atoms with van der Waals surface area (Å²) in [5.74, 6) is -1.76. The van der Waals surface area contributed by atoms with Gasteiger partial charge in [-0.3, -0.25) is 4.40 Å². The first-order chi connectivity index (χ1) is 19.8. The molecule has 1 aliphatic heterocycles. The monoisotopic (exact) mass is 605 g/mol. The molecule has 0 amide bonds. The van der Waals surface area contributed by atoms with Crippen molar-refractivity contribution in [3.05, 3.63) is 82.4 Å². The van der Waals surface area contributed by atoms with Gasteiger partial charge in [-0.1, -0.05) is 25.1 Å². The van der Waals surface area contributed by atoms with Gasteiger partial charge in [-0.25, -0.2) is 13.4 Å². The van der Waals surface area contributed by atoms with Crippen LogP contribution >= 0.6 is 0 Å². The molecule has 224 valence electrons. The van der Waals surface area contributed by atoms with E-state index in [1.165, 1.54) is 34.9 Å². The highest BCUT2D eigenvalue weighted by Crippen LogP contribution is 2.36. The van der Waals surface area contributed by atoms with Crippen molar-refractivity contribution in [1.29, 1.82) is 0 Å². The third-order valence-corrected chi connectivity index (χ3v) is 9.38. The third-order valence-electron chi connectivity index (χ3n) is 7.56. The lowest BCUT2D eigenvalue weighted by Crippen LogP contribution is -2.36. The van der Waals surface area contributed by atoms with Crippen LogP contribution in [-0.4, -0.2) is 61.5 Å². The van der Waals surface area contributed by atoms with Gasteiger partial charge in [0.15, 0.2) is 11.9 Å². The fourth-order valence-corrected chi connectivity index (χ4v) is 6.79. The summed E-state index contributed by atoms with van der Waals surface area (Å²) in [6.07, 6.45) is -3.77. The maximum atomic E-state index is 13.7. The Morgan fingerprint density at radius 3 is 2.60 bits per heavy atom. The summed E-state index contributed by atoms with van der Waals surface area (Å²) in [5, 5.41) is 27.0. The van der Waals surface area contributed by atoms with Crippen LogP contribution in [0.15, 0.2) is 53.7 Å². The molecule has 0 fully saturated rings. The van der Waals surface area contributed by atoms with Crippen molar-refractivity contribution in [3.8, 4) is 5.88 Å². The molecule has 10 nitrogen and oxygen atoms in total. The normalized spacial score (nSPS) is 18.1. The second-order valence-corrected chi connectivity index (χ2v) is 12.2. The van der Waals surface area contributed by atoms with Crippen LogP contribution in [-0.2, 0) is 22.7 Å². The van der Waals surface area contributed by atoms with E-state index in [4.69, 9.17) is 4.74 Å². The van der Waals surface area contributed by atoms with Gasteiger partial charge in [-0.2, -0.15) is 17.5 Å². The van der Waals surface area contributed by atoms with E-state index < -0.39 is 40.3 Å². The zero-order chi connectivity index (χ0) is 30.4. The molecule has 1 aliphatic rings. The van der Waals surface area contributed by atoms with Crippen molar-refractivity contribution in [2.75, 3.05) is 6.54 Å². The predicted octanol–water partition coefficient (Wildman–Crippen LogP) is 3.95. The van der Waals surface area contributed by atoms with Crippen molar-refractivity contribution < 1.29 is 36.5 Å². The SMILES string of the molecule is CC[C@@H]1CN(Cc2cc([C@@H](CC(O)O)c3ccn4c(C(F)(F)F)nnc4c3C)ccc2C)S(=O)(=O)c2cccnc2O1. The highest BCUT2D eigenvalue weighted by molar-refractivity contribution is 7.89. The lowest BCUT2D eigenvalue weighted by Gasteiger charge is -2.25. The van der Waals surface area contributed by atoms with E-state index in [1.807, 2.05) is 19.9 Å². The zero-order valence-electron chi connectivity index (χ0n) is 23.1. The summed E-state index contributed by atoms with van der Waals surface area (Å²) >= 11 is 0. The average Bonchev–Trinajstić information content (AvgIpc) is 3.34. The molecule has 4 heterocycles. The number of rotatable bonds is 7. The average molecular weight is 606 g/mol. The molecule has 14 heteroatoms. The Labute approximate surface area is 240 Å². The molecule has 2 N–H and O–H groups in total. The highest BCUT2D eigenvalue weighted by atomic mass is 32.2. The number of ether oxygens (including phenoxy) is 1. The number of aliphatic hydroxyl groups is 2. The van der Waals surface area contributed by atoms with Crippen molar-refractivity contribution in [2.24, 2.45) is 0 Å². The number of sulfonamides is 1. The van der Waals surface area contributed by atoms with Gasteiger partial charge in [0.05, 0.1) is 6.54 Å². The number of alkyl halides is 3. The van der Waals surface area contributed by atoms with Gasteiger partial charge >= 0.3 is 6.18 Å². The fraction of sp³-hybridized carbons (Fsp3) is 0.393. The Hall–Kier alpha value is -3.59. The standard InChI is InChI=1S/C28H30F3N5O5S/c1-4-20-15-35(42(39,40)23-6-5-10-32-26(23)41-20)14-19-12-18(8-7-16(19)2)22(13-24(37)38)21-9-11-36-25(17(21)3)33-34-27(36)28(29,30)31/h5-12,20,22,24,37-38H,4,13-15H2,1-3H3/t20-,22-/m1/s1. The quantitative estimate of drug-likeness (QED) is 0.303. The van der Waals surface area contributed by atoms with E-state index in [-0.39, 0.29) is 35.9 Å². The molecule has 0 saturated heterocycles. The molecule has 5 rings (SSSR count). The van der Waals surface area contributed by atoms with Crippen LogP contribution in [0, 0.1) is 13.8 Å². The molecule has 0 radical (unpaired) electrons. The first-order valence-electron chi connectivity index (χ1n) is 13.3. The van der Waals surface area contributed by atoms with Crippen LogP contribution < -0.4 is 4.74 Å². The number of aromatic nitrogens is 4. The molecule has 0 bridgehead atoms. The van der Waals surface area contributed by atoms with Crippen LogP contribution in [0.4, 0.5) is 13.2 Å². The van der Waals surface area contributed by atoms with E-state index in [9.17, 15) is 31.8 Å². The van der Waals surface area contributed by atoms with Gasteiger partial charge in [0.1, 0.15) is 11.0 Å². The van der Waals surface area contributed by atoms with Crippen molar-refractivity contribution >= 4 is 15.7 Å². The molecule has 42 heavy (non-hydrogen) atoms. The Morgan fingerprint density at radius 2 is 1.90 bits per heavy atom. The molecule has 0 unspecified atom stereocenters. The summed E-state index contributed by atoms with van der Waals surface area (Å²) in [6.45, 7) is 5.45. The zero-order valence-corrected chi connectivity index (χ0v) is 23.9. The minimum Gasteiger partial charge on any atom is -0.472 e. The molecule has 0 saturated carbocycles. The number of aliphatic hydroxyl groups excluding tert-OH is 1. The Bertz CT molecular complexity index is 1720.